The Hall–Kier alpha value is 0.0600. The highest BCUT2D eigenvalue weighted by Crippen LogP contribution is 2.24. The van der Waals surface area contributed by atoms with Crippen LogP contribution in [0.3, 0.4) is 0 Å². The fraction of sp³-hybridized carbons (Fsp3) is 0.600. The van der Waals surface area contributed by atoms with E-state index < -0.39 is 11.0 Å². The molecule has 108 valence electrons. The maximum atomic E-state index is 12.3. The quantitative estimate of drug-likeness (QED) is 0.737. The van der Waals surface area contributed by atoms with E-state index >= 15 is 0 Å². The van der Waals surface area contributed by atoms with Crippen LogP contribution in [0.15, 0.2) is 24.3 Å². The minimum absolute atomic E-state index is 0.150. The number of benzene rings is 1. The van der Waals surface area contributed by atoms with Crippen molar-refractivity contribution in [3.63, 3.8) is 0 Å². The van der Waals surface area contributed by atoms with Gasteiger partial charge in [0.2, 0.25) is 0 Å². The molecule has 0 aliphatic carbocycles. The number of halogens is 1. The molecule has 1 aromatic rings. The van der Waals surface area contributed by atoms with E-state index in [9.17, 15) is 4.21 Å². The first-order valence-electron chi connectivity index (χ1n) is 6.63. The Labute approximate surface area is 133 Å². The van der Waals surface area contributed by atoms with Gasteiger partial charge in [0.05, 0.1) is 15.7 Å². The lowest BCUT2D eigenvalue weighted by atomic mass is 9.98. The van der Waals surface area contributed by atoms with E-state index in [4.69, 9.17) is 0 Å². The summed E-state index contributed by atoms with van der Waals surface area (Å²) in [6.07, 6.45) is 0.989. The predicted octanol–water partition coefficient (Wildman–Crippen LogP) is 4.43. The van der Waals surface area contributed by atoms with Crippen molar-refractivity contribution in [2.45, 2.75) is 51.8 Å². The fourth-order valence-corrected chi connectivity index (χ4v) is 2.93. The molecule has 0 radical (unpaired) electrons. The highest BCUT2D eigenvalue weighted by atomic mass is 127. The smallest absolute Gasteiger partial charge is 0.0975 e. The average Bonchev–Trinajstić information content (AvgIpc) is 2.27. The van der Waals surface area contributed by atoms with E-state index in [-0.39, 0.29) is 10.8 Å². The van der Waals surface area contributed by atoms with Crippen LogP contribution < -0.4 is 4.72 Å². The third-order valence-electron chi connectivity index (χ3n) is 2.78. The predicted molar refractivity (Wildman–Crippen MR) is 92.4 cm³/mol. The molecule has 0 spiro atoms. The second-order valence-corrected chi connectivity index (χ2v) is 9.48. The Balaban J connectivity index is 2.89. The van der Waals surface area contributed by atoms with Crippen molar-refractivity contribution in [3.05, 3.63) is 33.4 Å². The molecule has 0 aliphatic heterocycles. The van der Waals surface area contributed by atoms with Gasteiger partial charge in [0.25, 0.3) is 0 Å². The molecule has 0 fully saturated rings. The molecule has 0 heterocycles. The average molecular weight is 393 g/mol. The summed E-state index contributed by atoms with van der Waals surface area (Å²) < 4.78 is 16.6. The monoisotopic (exact) mass is 393 g/mol. The summed E-state index contributed by atoms with van der Waals surface area (Å²) >= 11 is 2.30. The van der Waals surface area contributed by atoms with Gasteiger partial charge in [0.15, 0.2) is 0 Å². The van der Waals surface area contributed by atoms with Gasteiger partial charge in [-0.05, 0) is 73.4 Å². The molecule has 2 atom stereocenters. The summed E-state index contributed by atoms with van der Waals surface area (Å²) in [5, 5.41) is 0. The van der Waals surface area contributed by atoms with Crippen LogP contribution in [-0.4, -0.2) is 8.96 Å². The van der Waals surface area contributed by atoms with Crippen molar-refractivity contribution in [3.8, 4) is 0 Å². The summed E-state index contributed by atoms with van der Waals surface area (Å²) in [7, 11) is -1.04. The summed E-state index contributed by atoms with van der Waals surface area (Å²) in [6, 6.07) is 8.61. The number of nitrogens with one attached hydrogen (secondary N) is 1. The van der Waals surface area contributed by atoms with Gasteiger partial charge in [-0.25, -0.2) is 8.93 Å². The highest BCUT2D eigenvalue weighted by Gasteiger charge is 2.24. The summed E-state index contributed by atoms with van der Waals surface area (Å²) in [6.45, 7) is 10.4. The summed E-state index contributed by atoms with van der Waals surface area (Å²) in [5.74, 6) is 0.564. The molecule has 1 rings (SSSR count). The van der Waals surface area contributed by atoms with Gasteiger partial charge < -0.3 is 0 Å². The van der Waals surface area contributed by atoms with Crippen molar-refractivity contribution in [1.82, 2.24) is 4.72 Å². The molecular formula is C15H24INOS. The fourth-order valence-electron chi connectivity index (χ4n) is 1.72. The molecular weight excluding hydrogens is 369 g/mol. The van der Waals surface area contributed by atoms with Crippen molar-refractivity contribution in [2.24, 2.45) is 5.92 Å². The van der Waals surface area contributed by atoms with Crippen molar-refractivity contribution in [1.29, 1.82) is 0 Å². The highest BCUT2D eigenvalue weighted by molar-refractivity contribution is 14.1. The molecule has 0 aliphatic rings. The van der Waals surface area contributed by atoms with E-state index in [1.165, 1.54) is 9.13 Å². The number of rotatable bonds is 5. The van der Waals surface area contributed by atoms with Crippen molar-refractivity contribution >= 4 is 33.6 Å². The van der Waals surface area contributed by atoms with E-state index in [0.717, 1.165) is 6.42 Å². The largest absolute Gasteiger partial charge is 0.242 e. The normalized spacial score (nSPS) is 15.5. The van der Waals surface area contributed by atoms with Crippen LogP contribution in [0.25, 0.3) is 0 Å². The van der Waals surface area contributed by atoms with Crippen LogP contribution in [0.1, 0.15) is 52.6 Å². The molecule has 0 saturated heterocycles. The second-order valence-electron chi connectivity index (χ2n) is 6.23. The van der Waals surface area contributed by atoms with Crippen LogP contribution >= 0.6 is 22.6 Å². The van der Waals surface area contributed by atoms with Gasteiger partial charge in [0, 0.05) is 9.61 Å². The lowest BCUT2D eigenvalue weighted by Gasteiger charge is -2.25. The van der Waals surface area contributed by atoms with Crippen molar-refractivity contribution in [2.75, 3.05) is 0 Å². The first-order chi connectivity index (χ1) is 8.70. The molecule has 19 heavy (non-hydrogen) atoms. The summed E-state index contributed by atoms with van der Waals surface area (Å²) in [4.78, 5) is 0. The molecule has 0 amide bonds. The van der Waals surface area contributed by atoms with E-state index in [1.807, 2.05) is 20.8 Å². The van der Waals surface area contributed by atoms with Gasteiger partial charge in [-0.15, -0.1) is 0 Å². The standard InChI is InChI=1S/C15H24INOS/c1-11(2)10-14(17-19(18)15(3,4)5)12-6-8-13(16)9-7-12/h6-9,11,14,17H,10H2,1-5H3/t14-,19-/m0/s1. The Kier molecular flexibility index (Phi) is 6.47. The molecule has 1 N–H and O–H groups in total. The van der Waals surface area contributed by atoms with Crippen LogP contribution in [-0.2, 0) is 11.0 Å². The molecule has 0 unspecified atom stereocenters. The maximum absolute atomic E-state index is 12.3. The molecule has 2 nitrogen and oxygen atoms in total. The van der Waals surface area contributed by atoms with Crippen molar-refractivity contribution < 1.29 is 4.21 Å². The van der Waals surface area contributed by atoms with Crippen LogP contribution in [0, 0.1) is 9.49 Å². The van der Waals surface area contributed by atoms with Crippen LogP contribution in [0.5, 0.6) is 0 Å². The molecule has 1 aromatic carbocycles. The van der Waals surface area contributed by atoms with E-state index in [1.54, 1.807) is 0 Å². The first kappa shape index (κ1) is 17.1. The zero-order valence-electron chi connectivity index (χ0n) is 12.4. The van der Waals surface area contributed by atoms with Gasteiger partial charge in [-0.1, -0.05) is 26.0 Å². The summed E-state index contributed by atoms with van der Waals surface area (Å²) in [5.41, 5.74) is 1.21. The third-order valence-corrected chi connectivity index (χ3v) is 5.12. The van der Waals surface area contributed by atoms with E-state index in [2.05, 4.69) is 65.4 Å². The van der Waals surface area contributed by atoms with Gasteiger partial charge in [0.1, 0.15) is 0 Å². The lowest BCUT2D eigenvalue weighted by molar-refractivity contribution is 0.480. The zero-order valence-corrected chi connectivity index (χ0v) is 15.3. The zero-order chi connectivity index (χ0) is 14.6. The van der Waals surface area contributed by atoms with Gasteiger partial charge >= 0.3 is 0 Å². The number of hydrogen-bond donors (Lipinski definition) is 1. The van der Waals surface area contributed by atoms with Gasteiger partial charge in [-0.3, -0.25) is 0 Å². The van der Waals surface area contributed by atoms with Crippen LogP contribution in [0.4, 0.5) is 0 Å². The third kappa shape index (κ3) is 5.92. The molecule has 0 bridgehead atoms. The van der Waals surface area contributed by atoms with Crippen LogP contribution in [0.2, 0.25) is 0 Å². The molecule has 0 aromatic heterocycles. The Bertz CT molecular complexity index is 423. The maximum Gasteiger partial charge on any atom is 0.0975 e. The topological polar surface area (TPSA) is 29.1 Å². The lowest BCUT2D eigenvalue weighted by Crippen LogP contribution is -2.36. The van der Waals surface area contributed by atoms with E-state index in [0.29, 0.717) is 5.92 Å². The minimum atomic E-state index is -1.04. The number of hydrogen-bond acceptors (Lipinski definition) is 1. The molecule has 4 heteroatoms. The Morgan fingerprint density at radius 2 is 1.74 bits per heavy atom. The SMILES string of the molecule is CC(C)C[C@H](N[S@@](=O)C(C)(C)C)c1ccc(I)cc1. The minimum Gasteiger partial charge on any atom is -0.242 e. The Morgan fingerprint density at radius 3 is 2.16 bits per heavy atom. The van der Waals surface area contributed by atoms with Gasteiger partial charge in [-0.2, -0.15) is 0 Å². The molecule has 0 saturated carbocycles. The Morgan fingerprint density at radius 1 is 1.21 bits per heavy atom. The second kappa shape index (κ2) is 7.18. The first-order valence-corrected chi connectivity index (χ1v) is 8.86.